The molecule has 0 spiro atoms. The molecule has 0 aliphatic carbocycles. The van der Waals surface area contributed by atoms with E-state index in [4.69, 9.17) is 0 Å². The molecule has 0 atom stereocenters. The molecule has 9 heteroatoms. The van der Waals surface area contributed by atoms with Crippen molar-refractivity contribution in [2.75, 3.05) is 44.7 Å². The van der Waals surface area contributed by atoms with Crippen LogP contribution in [0.15, 0.2) is 4.99 Å². The molecule has 0 bridgehead atoms. The third-order valence-corrected chi connectivity index (χ3v) is 4.06. The van der Waals surface area contributed by atoms with Gasteiger partial charge in [-0.3, -0.25) is 4.99 Å². The minimum absolute atomic E-state index is 0.372. The normalized spacial score (nSPS) is 16.7. The van der Waals surface area contributed by atoms with Crippen molar-refractivity contribution < 1.29 is 8.78 Å². The summed E-state index contributed by atoms with van der Waals surface area (Å²) in [6.07, 6.45) is -1.54. The zero-order valence-electron chi connectivity index (χ0n) is 12.2. The van der Waals surface area contributed by atoms with Gasteiger partial charge in [0.25, 0.3) is 6.43 Å². The van der Waals surface area contributed by atoms with Gasteiger partial charge in [0.05, 0.1) is 6.54 Å². The number of aryl methyl sites for hydroxylation is 1. The highest BCUT2D eigenvalue weighted by molar-refractivity contribution is 7.09. The summed E-state index contributed by atoms with van der Waals surface area (Å²) in [5.74, 6) is 1.40. The topological polar surface area (TPSA) is 56.7 Å². The molecule has 1 fully saturated rings. The summed E-state index contributed by atoms with van der Waals surface area (Å²) in [6, 6.07) is 0. The molecule has 6 nitrogen and oxygen atoms in total. The molecule has 2 rings (SSSR count). The summed E-state index contributed by atoms with van der Waals surface area (Å²) in [7, 11) is 1.61. The van der Waals surface area contributed by atoms with Gasteiger partial charge >= 0.3 is 0 Å². The van der Waals surface area contributed by atoms with Gasteiger partial charge in [-0.05, 0) is 0 Å². The highest BCUT2D eigenvalue weighted by atomic mass is 32.1. The Morgan fingerprint density at radius 2 is 2.10 bits per heavy atom. The fourth-order valence-corrected chi connectivity index (χ4v) is 2.93. The lowest BCUT2D eigenvalue weighted by atomic mass is 10.3. The average Bonchev–Trinajstić information content (AvgIpc) is 2.97. The minimum Gasteiger partial charge on any atom is -0.351 e. The summed E-state index contributed by atoms with van der Waals surface area (Å²) in [6.45, 7) is 4.68. The van der Waals surface area contributed by atoms with E-state index in [0.717, 1.165) is 43.6 Å². The van der Waals surface area contributed by atoms with Crippen molar-refractivity contribution in [2.45, 2.75) is 19.8 Å². The highest BCUT2D eigenvalue weighted by Crippen LogP contribution is 2.19. The van der Waals surface area contributed by atoms with Gasteiger partial charge in [-0.15, -0.1) is 0 Å². The quantitative estimate of drug-likeness (QED) is 0.665. The minimum atomic E-state index is -2.38. The van der Waals surface area contributed by atoms with Gasteiger partial charge in [0, 0.05) is 51.2 Å². The zero-order valence-corrected chi connectivity index (χ0v) is 13.0. The molecular formula is C12H20F2N6S. The number of nitrogens with zero attached hydrogens (tertiary/aromatic N) is 5. The van der Waals surface area contributed by atoms with E-state index in [1.54, 1.807) is 7.05 Å². The number of hydrogen-bond acceptors (Lipinski definition) is 5. The second-order valence-corrected chi connectivity index (χ2v) is 5.37. The number of aromatic nitrogens is 2. The maximum atomic E-state index is 12.3. The Hall–Kier alpha value is -1.51. The van der Waals surface area contributed by atoms with Crippen LogP contribution in [-0.2, 0) is 6.42 Å². The molecule has 1 saturated heterocycles. The van der Waals surface area contributed by atoms with E-state index in [2.05, 4.69) is 24.6 Å². The number of aliphatic imine (C=N–C) groups is 1. The Labute approximate surface area is 127 Å². The first-order valence-corrected chi connectivity index (χ1v) is 7.72. The lowest BCUT2D eigenvalue weighted by Crippen LogP contribution is -2.53. The predicted molar refractivity (Wildman–Crippen MR) is 80.4 cm³/mol. The molecule has 1 N–H and O–H groups in total. The van der Waals surface area contributed by atoms with Crippen molar-refractivity contribution >= 4 is 22.6 Å². The average molecular weight is 318 g/mol. The lowest BCUT2D eigenvalue weighted by Gasteiger charge is -2.36. The lowest BCUT2D eigenvalue weighted by molar-refractivity contribution is 0.150. The number of alkyl halides is 2. The van der Waals surface area contributed by atoms with Gasteiger partial charge in [-0.2, -0.15) is 4.37 Å². The van der Waals surface area contributed by atoms with Crippen LogP contribution in [0.4, 0.5) is 13.9 Å². The summed E-state index contributed by atoms with van der Waals surface area (Å²) in [5, 5.41) is 3.62. The molecule has 0 saturated carbocycles. The number of anilines is 1. The van der Waals surface area contributed by atoms with Gasteiger partial charge in [0.15, 0.2) is 5.96 Å². The fourth-order valence-electron chi connectivity index (χ4n) is 2.13. The van der Waals surface area contributed by atoms with Gasteiger partial charge in [0.2, 0.25) is 5.13 Å². The molecule has 1 aromatic rings. The number of rotatable bonds is 4. The molecule has 1 aromatic heterocycles. The number of guanidine groups is 1. The Balaban J connectivity index is 1.87. The van der Waals surface area contributed by atoms with E-state index >= 15 is 0 Å². The summed E-state index contributed by atoms with van der Waals surface area (Å²) in [4.78, 5) is 12.7. The molecule has 0 aromatic carbocycles. The predicted octanol–water partition coefficient (Wildman–Crippen LogP) is 1.06. The smallest absolute Gasteiger partial charge is 0.255 e. The van der Waals surface area contributed by atoms with E-state index in [-0.39, 0.29) is 6.54 Å². The largest absolute Gasteiger partial charge is 0.351 e. The first kappa shape index (κ1) is 15.9. The molecule has 0 amide bonds. The Morgan fingerprint density at radius 1 is 1.38 bits per heavy atom. The van der Waals surface area contributed by atoms with Crippen LogP contribution in [0.2, 0.25) is 0 Å². The van der Waals surface area contributed by atoms with Crippen LogP contribution in [0.25, 0.3) is 0 Å². The number of piperazine rings is 1. The Morgan fingerprint density at radius 3 is 2.62 bits per heavy atom. The molecule has 0 unspecified atom stereocenters. The van der Waals surface area contributed by atoms with E-state index in [0.29, 0.717) is 5.96 Å². The SMILES string of the molecule is CCc1nsc(N2CCN(C(=NC)NCC(F)F)CC2)n1. The van der Waals surface area contributed by atoms with Crippen LogP contribution in [0.3, 0.4) is 0 Å². The molecule has 118 valence electrons. The number of hydrogen-bond donors (Lipinski definition) is 1. The summed E-state index contributed by atoms with van der Waals surface area (Å²) >= 11 is 1.41. The second kappa shape index (κ2) is 7.48. The van der Waals surface area contributed by atoms with Crippen LogP contribution in [0.1, 0.15) is 12.7 Å². The van der Waals surface area contributed by atoms with Gasteiger partial charge in [0.1, 0.15) is 5.82 Å². The van der Waals surface area contributed by atoms with Crippen LogP contribution >= 0.6 is 11.5 Å². The zero-order chi connectivity index (χ0) is 15.2. The van der Waals surface area contributed by atoms with Crippen LogP contribution in [-0.4, -0.2) is 66.4 Å². The molecule has 1 aliphatic rings. The van der Waals surface area contributed by atoms with Crippen LogP contribution < -0.4 is 10.2 Å². The second-order valence-electron chi connectivity index (χ2n) is 4.64. The maximum absolute atomic E-state index is 12.3. The first-order chi connectivity index (χ1) is 10.1. The van der Waals surface area contributed by atoms with Crippen molar-refractivity contribution in [2.24, 2.45) is 4.99 Å². The van der Waals surface area contributed by atoms with Gasteiger partial charge in [-0.25, -0.2) is 13.8 Å². The van der Waals surface area contributed by atoms with Crippen molar-refractivity contribution in [3.63, 3.8) is 0 Å². The van der Waals surface area contributed by atoms with Crippen LogP contribution in [0, 0.1) is 0 Å². The Kier molecular flexibility index (Phi) is 5.66. The summed E-state index contributed by atoms with van der Waals surface area (Å²) in [5.41, 5.74) is 0. The molecular weight excluding hydrogens is 298 g/mol. The van der Waals surface area contributed by atoms with E-state index in [1.165, 1.54) is 11.5 Å². The van der Waals surface area contributed by atoms with Gasteiger partial charge in [-0.1, -0.05) is 6.92 Å². The van der Waals surface area contributed by atoms with E-state index in [1.807, 2.05) is 11.8 Å². The third-order valence-electron chi connectivity index (χ3n) is 3.25. The van der Waals surface area contributed by atoms with Crippen molar-refractivity contribution in [1.82, 2.24) is 19.6 Å². The molecule has 1 aliphatic heterocycles. The standard InChI is InChI=1S/C12H20F2N6S/c1-3-10-17-12(21-18-10)20-6-4-19(5-7-20)11(15-2)16-8-9(13)14/h9H,3-8H2,1-2H3,(H,15,16). The van der Waals surface area contributed by atoms with Crippen molar-refractivity contribution in [3.05, 3.63) is 5.82 Å². The number of nitrogens with one attached hydrogen (secondary N) is 1. The maximum Gasteiger partial charge on any atom is 0.255 e. The summed E-state index contributed by atoms with van der Waals surface area (Å²) < 4.78 is 28.8. The van der Waals surface area contributed by atoms with Gasteiger partial charge < -0.3 is 15.1 Å². The van der Waals surface area contributed by atoms with Crippen LogP contribution in [0.5, 0.6) is 0 Å². The highest BCUT2D eigenvalue weighted by Gasteiger charge is 2.22. The molecule has 0 radical (unpaired) electrons. The number of halogens is 2. The molecule has 2 heterocycles. The fraction of sp³-hybridized carbons (Fsp3) is 0.750. The third kappa shape index (κ3) is 4.23. The Bertz CT molecular complexity index is 470. The first-order valence-electron chi connectivity index (χ1n) is 6.95. The van der Waals surface area contributed by atoms with Crippen molar-refractivity contribution in [3.8, 4) is 0 Å². The molecule has 21 heavy (non-hydrogen) atoms. The monoisotopic (exact) mass is 318 g/mol. The van der Waals surface area contributed by atoms with E-state index in [9.17, 15) is 8.78 Å². The van der Waals surface area contributed by atoms with Crippen molar-refractivity contribution in [1.29, 1.82) is 0 Å². The van der Waals surface area contributed by atoms with E-state index < -0.39 is 6.43 Å².